The van der Waals surface area contributed by atoms with Gasteiger partial charge >= 0.3 is 0 Å². The van der Waals surface area contributed by atoms with Crippen molar-refractivity contribution in [3.05, 3.63) is 42.6 Å². The van der Waals surface area contributed by atoms with Gasteiger partial charge < -0.3 is 0 Å². The second kappa shape index (κ2) is 4.06. The van der Waals surface area contributed by atoms with E-state index >= 15 is 0 Å². The van der Waals surface area contributed by atoms with Crippen molar-refractivity contribution in [3.8, 4) is 0 Å². The molecule has 0 aliphatic carbocycles. The van der Waals surface area contributed by atoms with Gasteiger partial charge in [0.1, 0.15) is 11.0 Å². The van der Waals surface area contributed by atoms with Gasteiger partial charge in [-0.1, -0.05) is 39.0 Å². The molecule has 0 amide bonds. The van der Waals surface area contributed by atoms with Crippen molar-refractivity contribution in [2.45, 2.75) is 26.0 Å². The summed E-state index contributed by atoms with van der Waals surface area (Å²) in [5, 5.41) is 0.0905. The van der Waals surface area contributed by atoms with Gasteiger partial charge in [-0.25, -0.2) is 4.21 Å². The molecule has 1 aliphatic heterocycles. The van der Waals surface area contributed by atoms with E-state index in [1.807, 2.05) is 46.9 Å². The smallest absolute Gasteiger partial charge is 0.131 e. The standard InChI is InChI=1S/C13H17NOS/c1-13(2,3)12-9-10-14(16(12)15)11-7-5-4-6-8-11/h4-10,12H,1-3H3. The summed E-state index contributed by atoms with van der Waals surface area (Å²) in [6, 6.07) is 9.85. The van der Waals surface area contributed by atoms with E-state index in [1.54, 1.807) is 0 Å². The maximum absolute atomic E-state index is 12.3. The third-order valence-corrected chi connectivity index (χ3v) is 4.69. The van der Waals surface area contributed by atoms with E-state index in [0.717, 1.165) is 5.69 Å². The number of hydrogen-bond donors (Lipinski definition) is 0. The zero-order valence-corrected chi connectivity index (χ0v) is 10.7. The lowest BCUT2D eigenvalue weighted by Gasteiger charge is -2.26. The quantitative estimate of drug-likeness (QED) is 0.732. The van der Waals surface area contributed by atoms with Gasteiger partial charge in [-0.05, 0) is 23.6 Å². The van der Waals surface area contributed by atoms with Crippen LogP contribution in [0.1, 0.15) is 20.8 Å². The van der Waals surface area contributed by atoms with Gasteiger partial charge in [0.15, 0.2) is 0 Å². The molecule has 2 atom stereocenters. The number of anilines is 1. The van der Waals surface area contributed by atoms with Crippen molar-refractivity contribution in [2.75, 3.05) is 4.31 Å². The lowest BCUT2D eigenvalue weighted by atomic mass is 9.92. The Morgan fingerprint density at radius 1 is 1.19 bits per heavy atom. The Labute approximate surface area is 99.6 Å². The number of benzene rings is 1. The monoisotopic (exact) mass is 235 g/mol. The van der Waals surface area contributed by atoms with Crippen LogP contribution in [-0.2, 0) is 11.0 Å². The molecule has 2 unspecified atom stereocenters. The third-order valence-electron chi connectivity index (χ3n) is 2.67. The molecule has 16 heavy (non-hydrogen) atoms. The first kappa shape index (κ1) is 11.4. The molecule has 2 rings (SSSR count). The molecular formula is C13H17NOS. The van der Waals surface area contributed by atoms with Crippen LogP contribution in [0.3, 0.4) is 0 Å². The minimum atomic E-state index is -0.997. The van der Waals surface area contributed by atoms with Crippen molar-refractivity contribution in [1.29, 1.82) is 0 Å². The largest absolute Gasteiger partial charge is 0.267 e. The number of nitrogens with zero attached hydrogens (tertiary/aromatic N) is 1. The van der Waals surface area contributed by atoms with Gasteiger partial charge in [-0.3, -0.25) is 4.31 Å². The van der Waals surface area contributed by atoms with Gasteiger partial charge in [0.2, 0.25) is 0 Å². The highest BCUT2D eigenvalue weighted by Gasteiger charge is 2.35. The highest BCUT2D eigenvalue weighted by molar-refractivity contribution is 7.87. The predicted molar refractivity (Wildman–Crippen MR) is 69.4 cm³/mol. The molecule has 1 heterocycles. The van der Waals surface area contributed by atoms with Gasteiger partial charge in [0.25, 0.3) is 0 Å². The predicted octanol–water partition coefficient (Wildman–Crippen LogP) is 3.10. The van der Waals surface area contributed by atoms with Crippen LogP contribution >= 0.6 is 0 Å². The molecule has 0 saturated heterocycles. The molecule has 86 valence electrons. The van der Waals surface area contributed by atoms with Crippen LogP contribution in [0.25, 0.3) is 0 Å². The maximum Gasteiger partial charge on any atom is 0.131 e. The fourth-order valence-corrected chi connectivity index (χ4v) is 3.34. The Morgan fingerprint density at radius 3 is 2.31 bits per heavy atom. The first-order chi connectivity index (χ1) is 7.50. The van der Waals surface area contributed by atoms with Gasteiger partial charge in [-0.2, -0.15) is 0 Å². The van der Waals surface area contributed by atoms with Gasteiger partial charge in [-0.15, -0.1) is 0 Å². The van der Waals surface area contributed by atoms with E-state index in [-0.39, 0.29) is 10.7 Å². The van der Waals surface area contributed by atoms with E-state index in [0.29, 0.717) is 0 Å². The summed E-state index contributed by atoms with van der Waals surface area (Å²) in [5.41, 5.74) is 1.02. The molecule has 0 aromatic heterocycles. The van der Waals surface area contributed by atoms with Gasteiger partial charge in [0.05, 0.1) is 10.9 Å². The minimum absolute atomic E-state index is 0.0326. The van der Waals surface area contributed by atoms with E-state index in [1.165, 1.54) is 0 Å². The van der Waals surface area contributed by atoms with E-state index < -0.39 is 11.0 Å². The molecule has 1 aromatic rings. The molecule has 1 aliphatic rings. The zero-order chi connectivity index (χ0) is 11.8. The summed E-state index contributed by atoms with van der Waals surface area (Å²) >= 11 is 0. The van der Waals surface area contributed by atoms with E-state index in [2.05, 4.69) is 20.8 Å². The number of para-hydroxylation sites is 1. The van der Waals surface area contributed by atoms with Gasteiger partial charge in [0, 0.05) is 6.20 Å². The topological polar surface area (TPSA) is 20.3 Å². The van der Waals surface area contributed by atoms with Crippen LogP contribution in [0.4, 0.5) is 5.69 Å². The first-order valence-corrected chi connectivity index (χ1v) is 6.60. The molecule has 1 aromatic carbocycles. The SMILES string of the molecule is CC(C)(C)C1C=CN(c2ccccc2)S1=O. The maximum atomic E-state index is 12.3. The average molecular weight is 235 g/mol. The highest BCUT2D eigenvalue weighted by atomic mass is 32.2. The molecule has 0 N–H and O–H groups in total. The molecular weight excluding hydrogens is 218 g/mol. The Hall–Kier alpha value is -1.09. The van der Waals surface area contributed by atoms with Crippen LogP contribution < -0.4 is 4.31 Å². The van der Waals surface area contributed by atoms with Crippen molar-refractivity contribution in [1.82, 2.24) is 0 Å². The molecule has 0 saturated carbocycles. The molecule has 0 radical (unpaired) electrons. The van der Waals surface area contributed by atoms with Crippen molar-refractivity contribution in [2.24, 2.45) is 5.41 Å². The summed E-state index contributed by atoms with van der Waals surface area (Å²) in [4.78, 5) is 0. The fraction of sp³-hybridized carbons (Fsp3) is 0.385. The zero-order valence-electron chi connectivity index (χ0n) is 9.88. The Balaban J connectivity index is 2.25. The Bertz CT molecular complexity index is 419. The van der Waals surface area contributed by atoms with Crippen LogP contribution in [0, 0.1) is 5.41 Å². The van der Waals surface area contributed by atoms with E-state index in [9.17, 15) is 4.21 Å². The molecule has 0 bridgehead atoms. The average Bonchev–Trinajstić information content (AvgIpc) is 2.61. The lowest BCUT2D eigenvalue weighted by molar-refractivity contribution is 0.427. The van der Waals surface area contributed by atoms with Crippen LogP contribution in [0.15, 0.2) is 42.6 Å². The normalized spacial score (nSPS) is 25.1. The minimum Gasteiger partial charge on any atom is -0.267 e. The third kappa shape index (κ3) is 2.05. The van der Waals surface area contributed by atoms with Crippen molar-refractivity contribution >= 4 is 16.7 Å². The summed E-state index contributed by atoms with van der Waals surface area (Å²) in [7, 11) is -0.997. The number of rotatable bonds is 1. The summed E-state index contributed by atoms with van der Waals surface area (Å²) < 4.78 is 14.2. The van der Waals surface area contributed by atoms with Crippen LogP contribution in [0.5, 0.6) is 0 Å². The summed E-state index contributed by atoms with van der Waals surface area (Å²) in [5.74, 6) is 0. The second-order valence-corrected chi connectivity index (χ2v) is 6.52. The van der Waals surface area contributed by atoms with Crippen molar-refractivity contribution in [3.63, 3.8) is 0 Å². The number of hydrogen-bond acceptors (Lipinski definition) is 1. The fourth-order valence-electron chi connectivity index (χ4n) is 1.76. The van der Waals surface area contributed by atoms with Crippen LogP contribution in [-0.4, -0.2) is 9.46 Å². The lowest BCUT2D eigenvalue weighted by Crippen LogP contribution is -2.31. The highest BCUT2D eigenvalue weighted by Crippen LogP contribution is 2.33. The Kier molecular flexibility index (Phi) is 2.89. The molecule has 0 spiro atoms. The summed E-state index contributed by atoms with van der Waals surface area (Å²) in [6.45, 7) is 6.36. The van der Waals surface area contributed by atoms with Crippen molar-refractivity contribution < 1.29 is 4.21 Å². The van der Waals surface area contributed by atoms with Crippen LogP contribution in [0.2, 0.25) is 0 Å². The Morgan fingerprint density at radius 2 is 1.81 bits per heavy atom. The second-order valence-electron chi connectivity index (χ2n) is 5.07. The van der Waals surface area contributed by atoms with E-state index in [4.69, 9.17) is 0 Å². The molecule has 0 fully saturated rings. The molecule has 2 nitrogen and oxygen atoms in total. The molecule has 3 heteroatoms. The first-order valence-electron chi connectivity index (χ1n) is 5.43. The summed E-state index contributed by atoms with van der Waals surface area (Å²) in [6.07, 6.45) is 3.98.